The molecule has 4 heteroatoms. The smallest absolute Gasteiger partial charge is 0.162 e. The molecule has 0 atom stereocenters. The number of hydrogen-bond acceptors (Lipinski definition) is 2. The lowest BCUT2D eigenvalue weighted by Crippen LogP contribution is -2.03. The van der Waals surface area contributed by atoms with Crippen molar-refractivity contribution in [1.29, 1.82) is 0 Å². The SMILES string of the molecule is c1ccc(-c2cc(-n3c4ccccc4c4ccccc43)nc(-c3cc(-c4cc5ccccc5c5ccccc45)cc(-n4c5ccccc5c5ccccc54)c3)n2)cc1. The standard InChI is InChI=1S/C54H34N4/c1-2-16-35(17-3-1)48-34-53(58-51-28-14-10-24-45(51)46-25-11-15-29-52(46)58)56-54(55-48)38-30-37(47-33-36-18-4-5-19-40(36)41-20-6-7-21-42(41)47)31-39(32-38)57-49-26-12-8-22-43(49)44-23-9-13-27-50(44)57/h1-34H. The van der Waals surface area contributed by atoms with E-state index in [2.05, 4.69) is 215 Å². The monoisotopic (exact) mass is 738 g/mol. The maximum absolute atomic E-state index is 5.51. The zero-order chi connectivity index (χ0) is 38.2. The number of hydrogen-bond donors (Lipinski definition) is 0. The molecule has 0 saturated heterocycles. The predicted molar refractivity (Wildman–Crippen MR) is 242 cm³/mol. The quantitative estimate of drug-likeness (QED) is 0.165. The summed E-state index contributed by atoms with van der Waals surface area (Å²) in [5, 5.41) is 9.71. The van der Waals surface area contributed by atoms with Crippen LogP contribution in [0.5, 0.6) is 0 Å². The highest BCUT2D eigenvalue weighted by molar-refractivity contribution is 6.14. The number of para-hydroxylation sites is 4. The first-order valence-corrected chi connectivity index (χ1v) is 19.7. The third kappa shape index (κ3) is 5.02. The molecule has 0 aliphatic rings. The van der Waals surface area contributed by atoms with Crippen LogP contribution in [0.4, 0.5) is 0 Å². The van der Waals surface area contributed by atoms with Gasteiger partial charge in [-0.2, -0.15) is 0 Å². The second kappa shape index (κ2) is 12.9. The minimum absolute atomic E-state index is 0.659. The van der Waals surface area contributed by atoms with Crippen molar-refractivity contribution in [1.82, 2.24) is 19.1 Å². The summed E-state index contributed by atoms with van der Waals surface area (Å²) >= 11 is 0. The Morgan fingerprint density at radius 3 is 1.41 bits per heavy atom. The predicted octanol–water partition coefficient (Wildman–Crippen LogP) is 14.0. The molecule has 0 aliphatic carbocycles. The average molecular weight is 739 g/mol. The zero-order valence-electron chi connectivity index (χ0n) is 31.4. The Morgan fingerprint density at radius 1 is 0.310 bits per heavy atom. The Balaban J connectivity index is 1.19. The van der Waals surface area contributed by atoms with Crippen LogP contribution in [0, 0.1) is 0 Å². The van der Waals surface area contributed by atoms with Gasteiger partial charge in [-0.25, -0.2) is 9.97 Å². The van der Waals surface area contributed by atoms with E-state index in [1.807, 2.05) is 0 Å². The molecule has 0 saturated carbocycles. The lowest BCUT2D eigenvalue weighted by molar-refractivity contribution is 1.05. The summed E-state index contributed by atoms with van der Waals surface area (Å²) in [6, 6.07) is 73.9. The van der Waals surface area contributed by atoms with E-state index in [-0.39, 0.29) is 0 Å². The van der Waals surface area contributed by atoms with E-state index in [1.54, 1.807) is 0 Å². The summed E-state index contributed by atoms with van der Waals surface area (Å²) in [5.41, 5.74) is 10.7. The summed E-state index contributed by atoms with van der Waals surface area (Å²) in [4.78, 5) is 10.9. The molecule has 12 aromatic rings. The highest BCUT2D eigenvalue weighted by Gasteiger charge is 2.20. The summed E-state index contributed by atoms with van der Waals surface area (Å²) < 4.78 is 4.69. The van der Waals surface area contributed by atoms with Gasteiger partial charge in [-0.3, -0.25) is 4.57 Å². The van der Waals surface area contributed by atoms with E-state index in [1.165, 1.54) is 48.7 Å². The minimum atomic E-state index is 0.659. The van der Waals surface area contributed by atoms with Crippen molar-refractivity contribution in [3.63, 3.8) is 0 Å². The van der Waals surface area contributed by atoms with E-state index in [0.717, 1.165) is 56.0 Å². The average Bonchev–Trinajstić information content (AvgIpc) is 3.82. The van der Waals surface area contributed by atoms with Gasteiger partial charge in [0.2, 0.25) is 0 Å². The molecular formula is C54H34N4. The second-order valence-electron chi connectivity index (χ2n) is 15.0. The Bertz CT molecular complexity index is 3470. The van der Waals surface area contributed by atoms with Gasteiger partial charge in [-0.05, 0) is 81.2 Å². The highest BCUT2D eigenvalue weighted by Crippen LogP contribution is 2.40. The topological polar surface area (TPSA) is 35.6 Å². The summed E-state index contributed by atoms with van der Waals surface area (Å²) in [6.07, 6.45) is 0. The molecule has 3 aromatic heterocycles. The van der Waals surface area contributed by atoms with E-state index < -0.39 is 0 Å². The minimum Gasteiger partial charge on any atom is -0.309 e. The maximum atomic E-state index is 5.51. The first kappa shape index (κ1) is 32.4. The van der Waals surface area contributed by atoms with Gasteiger partial charge in [0, 0.05) is 44.4 Å². The molecular weight excluding hydrogens is 705 g/mol. The van der Waals surface area contributed by atoms with Crippen molar-refractivity contribution in [3.05, 3.63) is 206 Å². The van der Waals surface area contributed by atoms with Gasteiger partial charge in [-0.15, -0.1) is 0 Å². The number of nitrogens with zero attached hydrogens (tertiary/aromatic N) is 4. The Hall–Kier alpha value is -7.82. The molecule has 0 unspecified atom stereocenters. The number of aromatic nitrogens is 4. The van der Waals surface area contributed by atoms with Gasteiger partial charge in [0.15, 0.2) is 5.82 Å². The third-order valence-corrected chi connectivity index (χ3v) is 11.7. The maximum Gasteiger partial charge on any atom is 0.162 e. The van der Waals surface area contributed by atoms with Crippen LogP contribution in [0.25, 0.3) is 110 Å². The van der Waals surface area contributed by atoms with Gasteiger partial charge in [0.25, 0.3) is 0 Å². The first-order chi connectivity index (χ1) is 28.8. The summed E-state index contributed by atoms with van der Waals surface area (Å²) in [7, 11) is 0. The molecule has 4 nitrogen and oxygen atoms in total. The van der Waals surface area contributed by atoms with Gasteiger partial charge in [0.05, 0.1) is 27.8 Å². The third-order valence-electron chi connectivity index (χ3n) is 11.7. The Morgan fingerprint density at radius 2 is 0.793 bits per heavy atom. The Labute approximate surface area is 334 Å². The van der Waals surface area contributed by atoms with Crippen LogP contribution in [0.3, 0.4) is 0 Å². The Kier molecular flexibility index (Phi) is 7.20. The summed E-state index contributed by atoms with van der Waals surface area (Å²) in [6.45, 7) is 0. The van der Waals surface area contributed by atoms with Crippen molar-refractivity contribution in [3.8, 4) is 45.3 Å². The molecule has 9 aromatic carbocycles. The molecule has 12 rings (SSSR count). The van der Waals surface area contributed by atoms with E-state index in [9.17, 15) is 0 Å². The van der Waals surface area contributed by atoms with Crippen LogP contribution in [0.2, 0.25) is 0 Å². The van der Waals surface area contributed by atoms with E-state index >= 15 is 0 Å². The molecule has 0 bridgehead atoms. The molecule has 0 N–H and O–H groups in total. The normalized spacial score (nSPS) is 11.8. The van der Waals surface area contributed by atoms with Gasteiger partial charge < -0.3 is 4.57 Å². The first-order valence-electron chi connectivity index (χ1n) is 19.7. The number of rotatable bonds is 5. The molecule has 0 aliphatic heterocycles. The molecule has 0 fully saturated rings. The van der Waals surface area contributed by atoms with Crippen molar-refractivity contribution in [2.24, 2.45) is 0 Å². The largest absolute Gasteiger partial charge is 0.309 e. The molecule has 270 valence electrons. The molecule has 58 heavy (non-hydrogen) atoms. The van der Waals surface area contributed by atoms with E-state index in [0.29, 0.717) is 5.82 Å². The van der Waals surface area contributed by atoms with Gasteiger partial charge in [0.1, 0.15) is 5.82 Å². The lowest BCUT2D eigenvalue weighted by atomic mass is 9.92. The second-order valence-corrected chi connectivity index (χ2v) is 15.0. The molecule has 0 radical (unpaired) electrons. The van der Waals surface area contributed by atoms with Crippen LogP contribution >= 0.6 is 0 Å². The van der Waals surface area contributed by atoms with Crippen molar-refractivity contribution >= 4 is 65.2 Å². The fraction of sp³-hybridized carbons (Fsp3) is 0. The molecule has 0 amide bonds. The zero-order valence-corrected chi connectivity index (χ0v) is 31.4. The van der Waals surface area contributed by atoms with Crippen LogP contribution in [-0.2, 0) is 0 Å². The van der Waals surface area contributed by atoms with Gasteiger partial charge >= 0.3 is 0 Å². The lowest BCUT2D eigenvalue weighted by Gasteiger charge is -2.17. The fourth-order valence-corrected chi connectivity index (χ4v) is 9.12. The number of fused-ring (bicyclic) bond motifs is 9. The van der Waals surface area contributed by atoms with Crippen molar-refractivity contribution < 1.29 is 0 Å². The summed E-state index contributed by atoms with van der Waals surface area (Å²) in [5.74, 6) is 1.48. The molecule has 0 spiro atoms. The number of benzene rings is 9. The molecule has 3 heterocycles. The van der Waals surface area contributed by atoms with Crippen LogP contribution in [0.1, 0.15) is 0 Å². The van der Waals surface area contributed by atoms with Crippen LogP contribution in [-0.4, -0.2) is 19.1 Å². The van der Waals surface area contributed by atoms with Crippen LogP contribution < -0.4 is 0 Å². The van der Waals surface area contributed by atoms with Crippen molar-refractivity contribution in [2.75, 3.05) is 0 Å². The fourth-order valence-electron chi connectivity index (χ4n) is 9.12. The van der Waals surface area contributed by atoms with Crippen molar-refractivity contribution in [2.45, 2.75) is 0 Å². The van der Waals surface area contributed by atoms with Crippen LogP contribution in [0.15, 0.2) is 206 Å². The highest BCUT2D eigenvalue weighted by atomic mass is 15.1. The van der Waals surface area contributed by atoms with E-state index in [4.69, 9.17) is 9.97 Å². The van der Waals surface area contributed by atoms with Gasteiger partial charge in [-0.1, -0.05) is 152 Å².